The van der Waals surface area contributed by atoms with E-state index in [9.17, 15) is 0 Å². The number of furan rings is 1. The molecule has 0 saturated heterocycles. The minimum Gasteiger partial charge on any atom is -0.463 e. The molecule has 3 heteroatoms. The van der Waals surface area contributed by atoms with Gasteiger partial charge in [-0.15, -0.1) is 11.3 Å². The van der Waals surface area contributed by atoms with Gasteiger partial charge in [0.2, 0.25) is 0 Å². The molecule has 0 N–H and O–H groups in total. The molecule has 0 radical (unpaired) electrons. The van der Waals surface area contributed by atoms with Crippen molar-refractivity contribution in [1.82, 2.24) is 0 Å². The molecule has 0 fully saturated rings. The van der Waals surface area contributed by atoms with Crippen molar-refractivity contribution < 1.29 is 4.42 Å². The van der Waals surface area contributed by atoms with Gasteiger partial charge in [-0.3, -0.25) is 0 Å². The molecule has 2 aromatic heterocycles. The Morgan fingerprint density at radius 2 is 2.25 bits per heavy atom. The Hall–Kier alpha value is -0.930. The van der Waals surface area contributed by atoms with E-state index in [0.717, 1.165) is 15.5 Å². The Morgan fingerprint density at radius 1 is 1.33 bits per heavy atom. The van der Waals surface area contributed by atoms with Gasteiger partial charge in [-0.1, -0.05) is 18.3 Å². The number of thiocarbonyl (C=S) groups is 1. The Balaban J connectivity index is 2.34. The number of hydrogen-bond donors (Lipinski definition) is 0. The van der Waals surface area contributed by atoms with E-state index < -0.39 is 0 Å². The van der Waals surface area contributed by atoms with E-state index in [1.54, 1.807) is 17.6 Å². The monoisotopic (exact) mass is 194 g/mol. The zero-order chi connectivity index (χ0) is 8.39. The van der Waals surface area contributed by atoms with Crippen LogP contribution in [-0.2, 0) is 0 Å². The molecule has 0 bridgehead atoms. The smallest absolute Gasteiger partial charge is 0.146 e. The van der Waals surface area contributed by atoms with E-state index in [1.165, 1.54) is 0 Å². The van der Waals surface area contributed by atoms with Crippen molar-refractivity contribution in [2.75, 3.05) is 0 Å². The van der Waals surface area contributed by atoms with Gasteiger partial charge < -0.3 is 4.42 Å². The van der Waals surface area contributed by atoms with Gasteiger partial charge in [0, 0.05) is 4.88 Å². The number of thiophene rings is 1. The van der Waals surface area contributed by atoms with Crippen LogP contribution >= 0.6 is 23.6 Å². The van der Waals surface area contributed by atoms with Crippen molar-refractivity contribution in [2.24, 2.45) is 0 Å². The second-order valence-corrected chi connectivity index (χ2v) is 3.64. The molecule has 0 saturated carbocycles. The van der Waals surface area contributed by atoms with Crippen LogP contribution in [0, 0.1) is 0 Å². The summed E-state index contributed by atoms with van der Waals surface area (Å²) in [5.74, 6) is 0.771. The molecule has 1 nitrogen and oxygen atoms in total. The summed E-state index contributed by atoms with van der Waals surface area (Å²) in [4.78, 5) is 1.87. The van der Waals surface area contributed by atoms with Gasteiger partial charge in [0.15, 0.2) is 0 Å². The molecule has 60 valence electrons. The normalized spacial score (nSPS) is 10.0. The third-order valence-electron chi connectivity index (χ3n) is 1.49. The van der Waals surface area contributed by atoms with Gasteiger partial charge in [-0.05, 0) is 23.6 Å². The lowest BCUT2D eigenvalue weighted by molar-refractivity contribution is 0.559. The van der Waals surface area contributed by atoms with E-state index in [-0.39, 0.29) is 0 Å². The highest BCUT2D eigenvalue weighted by Gasteiger charge is 2.06. The van der Waals surface area contributed by atoms with E-state index in [2.05, 4.69) is 0 Å². The SMILES string of the molecule is S=C(c1ccco1)c1cccs1. The fraction of sp³-hybridized carbons (Fsp3) is 0. The van der Waals surface area contributed by atoms with Crippen LogP contribution in [0.1, 0.15) is 10.6 Å². The zero-order valence-corrected chi connectivity index (χ0v) is 7.82. The maximum Gasteiger partial charge on any atom is 0.146 e. The summed E-state index contributed by atoms with van der Waals surface area (Å²) in [6.07, 6.45) is 1.63. The molecule has 0 aliphatic heterocycles. The molecule has 0 atom stereocenters. The highest BCUT2D eigenvalue weighted by Crippen LogP contribution is 2.16. The molecule has 2 rings (SSSR count). The van der Waals surface area contributed by atoms with Crippen LogP contribution in [-0.4, -0.2) is 4.86 Å². The zero-order valence-electron chi connectivity index (χ0n) is 6.19. The minimum atomic E-state index is 0.771. The quantitative estimate of drug-likeness (QED) is 0.538. The molecule has 0 aliphatic carbocycles. The second-order valence-electron chi connectivity index (χ2n) is 2.28. The Labute approximate surface area is 79.6 Å². The lowest BCUT2D eigenvalue weighted by Gasteiger charge is -1.93. The van der Waals surface area contributed by atoms with Crippen LogP contribution in [0.3, 0.4) is 0 Å². The maximum absolute atomic E-state index is 5.21. The highest BCUT2D eigenvalue weighted by molar-refractivity contribution is 7.81. The van der Waals surface area contributed by atoms with Crippen molar-refractivity contribution >= 4 is 28.4 Å². The molecular weight excluding hydrogens is 188 g/mol. The lowest BCUT2D eigenvalue weighted by atomic mass is 10.3. The first-order valence-electron chi connectivity index (χ1n) is 3.49. The van der Waals surface area contributed by atoms with Crippen molar-refractivity contribution in [3.8, 4) is 0 Å². The van der Waals surface area contributed by atoms with Crippen LogP contribution in [0.4, 0.5) is 0 Å². The van der Waals surface area contributed by atoms with Crippen LogP contribution in [0.15, 0.2) is 40.3 Å². The third kappa shape index (κ3) is 1.33. The lowest BCUT2D eigenvalue weighted by Crippen LogP contribution is -1.92. The fourth-order valence-corrected chi connectivity index (χ4v) is 1.93. The Morgan fingerprint density at radius 3 is 2.83 bits per heavy atom. The highest BCUT2D eigenvalue weighted by atomic mass is 32.1. The first-order chi connectivity index (χ1) is 5.88. The molecular formula is C9H6OS2. The van der Waals surface area contributed by atoms with E-state index in [4.69, 9.17) is 16.6 Å². The Kier molecular flexibility index (Phi) is 2.06. The maximum atomic E-state index is 5.21. The van der Waals surface area contributed by atoms with Crippen LogP contribution < -0.4 is 0 Å². The summed E-state index contributed by atoms with van der Waals surface area (Å²) in [7, 11) is 0. The summed E-state index contributed by atoms with van der Waals surface area (Å²) in [6, 6.07) is 7.70. The van der Waals surface area contributed by atoms with Gasteiger partial charge in [0.05, 0.1) is 11.1 Å². The number of hydrogen-bond acceptors (Lipinski definition) is 3. The van der Waals surface area contributed by atoms with Crippen LogP contribution in [0.25, 0.3) is 0 Å². The first-order valence-corrected chi connectivity index (χ1v) is 4.78. The predicted molar refractivity (Wildman–Crippen MR) is 53.8 cm³/mol. The standard InChI is InChI=1S/C9H6OS2/c11-9(7-3-1-5-10-7)8-4-2-6-12-8/h1-6H. The van der Waals surface area contributed by atoms with Gasteiger partial charge in [-0.25, -0.2) is 0 Å². The second kappa shape index (κ2) is 3.21. The summed E-state index contributed by atoms with van der Waals surface area (Å²) < 4.78 is 5.18. The van der Waals surface area contributed by atoms with Crippen molar-refractivity contribution in [1.29, 1.82) is 0 Å². The van der Waals surface area contributed by atoms with Crippen LogP contribution in [0.2, 0.25) is 0 Å². The van der Waals surface area contributed by atoms with Crippen LogP contribution in [0.5, 0.6) is 0 Å². The van der Waals surface area contributed by atoms with Crippen molar-refractivity contribution in [3.05, 3.63) is 46.5 Å². The van der Waals surface area contributed by atoms with Gasteiger partial charge in [-0.2, -0.15) is 0 Å². The van der Waals surface area contributed by atoms with Gasteiger partial charge >= 0.3 is 0 Å². The largest absolute Gasteiger partial charge is 0.463 e. The molecule has 0 aromatic carbocycles. The molecule has 0 unspecified atom stereocenters. The summed E-state index contributed by atoms with van der Waals surface area (Å²) in [5, 5.41) is 2.00. The molecule has 0 amide bonds. The topological polar surface area (TPSA) is 13.1 Å². The third-order valence-corrected chi connectivity index (χ3v) is 2.93. The summed E-state index contributed by atoms with van der Waals surface area (Å²) in [6.45, 7) is 0. The Bertz CT molecular complexity index is 323. The minimum absolute atomic E-state index is 0.771. The van der Waals surface area contributed by atoms with Gasteiger partial charge in [0.1, 0.15) is 5.76 Å². The van der Waals surface area contributed by atoms with E-state index >= 15 is 0 Å². The molecule has 0 aliphatic rings. The molecule has 0 spiro atoms. The predicted octanol–water partition coefficient (Wildman–Crippen LogP) is 3.11. The molecule has 12 heavy (non-hydrogen) atoms. The van der Waals surface area contributed by atoms with Gasteiger partial charge in [0.25, 0.3) is 0 Å². The van der Waals surface area contributed by atoms with E-state index in [0.29, 0.717) is 0 Å². The fourth-order valence-electron chi connectivity index (χ4n) is 0.937. The van der Waals surface area contributed by atoms with Crippen molar-refractivity contribution in [3.63, 3.8) is 0 Å². The average molecular weight is 194 g/mol. The first kappa shape index (κ1) is 7.71. The molecule has 2 aromatic rings. The molecule has 2 heterocycles. The summed E-state index contributed by atoms with van der Waals surface area (Å²) >= 11 is 6.84. The average Bonchev–Trinajstić information content (AvgIpc) is 2.77. The van der Waals surface area contributed by atoms with E-state index in [1.807, 2.05) is 29.6 Å². The number of rotatable bonds is 2. The van der Waals surface area contributed by atoms with Crippen molar-refractivity contribution in [2.45, 2.75) is 0 Å². The summed E-state index contributed by atoms with van der Waals surface area (Å²) in [5.41, 5.74) is 0.